The Morgan fingerprint density at radius 2 is 2.10 bits per heavy atom. The summed E-state index contributed by atoms with van der Waals surface area (Å²) in [7, 11) is 0. The molecule has 0 spiro atoms. The average Bonchev–Trinajstić information content (AvgIpc) is 2.04. The Hall–Kier alpha value is -1.44. The summed E-state index contributed by atoms with van der Waals surface area (Å²) in [5.41, 5.74) is 1.74. The smallest absolute Gasteiger partial charge is 0.116 e. The Morgan fingerprint density at radius 1 is 1.30 bits per heavy atom. The summed E-state index contributed by atoms with van der Waals surface area (Å²) in [4.78, 5) is 7.80. The van der Waals surface area contributed by atoms with E-state index >= 15 is 0 Å². The second-order valence-corrected chi connectivity index (χ2v) is 1.77. The van der Waals surface area contributed by atoms with Crippen molar-refractivity contribution in [1.29, 1.82) is 0 Å². The van der Waals surface area contributed by atoms with Crippen LogP contribution in [0.2, 0.25) is 0 Å². The van der Waals surface area contributed by atoms with Crippen LogP contribution in [0.5, 0.6) is 0 Å². The van der Waals surface area contributed by atoms with Gasteiger partial charge in [-0.25, -0.2) is 9.97 Å². The van der Waals surface area contributed by atoms with Crippen molar-refractivity contribution in [2.75, 3.05) is 0 Å². The standard InChI is InChI=1S/C8H8N2/c1-3-7-5-9-6-10-8(7)4-2/h3-6H,1-2H2. The molecule has 0 aromatic carbocycles. The van der Waals surface area contributed by atoms with E-state index in [1.54, 1.807) is 18.3 Å². The van der Waals surface area contributed by atoms with E-state index in [4.69, 9.17) is 0 Å². The highest BCUT2D eigenvalue weighted by Gasteiger charge is 1.92. The summed E-state index contributed by atoms with van der Waals surface area (Å²) in [5, 5.41) is 0. The Bertz CT molecular complexity index is 226. The van der Waals surface area contributed by atoms with Crippen LogP contribution in [0.1, 0.15) is 11.3 Å². The van der Waals surface area contributed by atoms with Crippen LogP contribution < -0.4 is 0 Å². The SMILES string of the molecule is C=Cc1cncnc1C=C. The van der Waals surface area contributed by atoms with E-state index in [2.05, 4.69) is 23.1 Å². The van der Waals surface area contributed by atoms with Crippen molar-refractivity contribution in [2.45, 2.75) is 0 Å². The highest BCUT2D eigenvalue weighted by Crippen LogP contribution is 2.04. The van der Waals surface area contributed by atoms with Gasteiger partial charge in [-0.2, -0.15) is 0 Å². The molecule has 1 rings (SSSR count). The first kappa shape index (κ1) is 6.68. The fraction of sp³-hybridized carbons (Fsp3) is 0. The van der Waals surface area contributed by atoms with Crippen molar-refractivity contribution in [3.63, 3.8) is 0 Å². The van der Waals surface area contributed by atoms with Gasteiger partial charge in [0.05, 0.1) is 5.69 Å². The van der Waals surface area contributed by atoms with E-state index in [0.717, 1.165) is 11.3 Å². The molecule has 0 amide bonds. The summed E-state index contributed by atoms with van der Waals surface area (Å²) >= 11 is 0. The highest BCUT2D eigenvalue weighted by molar-refractivity contribution is 5.58. The van der Waals surface area contributed by atoms with Crippen LogP contribution >= 0.6 is 0 Å². The van der Waals surface area contributed by atoms with Gasteiger partial charge >= 0.3 is 0 Å². The van der Waals surface area contributed by atoms with E-state index in [-0.39, 0.29) is 0 Å². The maximum atomic E-state index is 3.97. The molecular formula is C8H8N2. The Labute approximate surface area is 60.0 Å². The summed E-state index contributed by atoms with van der Waals surface area (Å²) < 4.78 is 0. The molecule has 0 saturated carbocycles. The third-order valence-electron chi connectivity index (χ3n) is 1.19. The van der Waals surface area contributed by atoms with Gasteiger partial charge in [-0.15, -0.1) is 0 Å². The quantitative estimate of drug-likeness (QED) is 0.612. The Balaban J connectivity index is 3.20. The van der Waals surface area contributed by atoms with Gasteiger partial charge in [-0.1, -0.05) is 19.2 Å². The zero-order valence-electron chi connectivity index (χ0n) is 5.62. The van der Waals surface area contributed by atoms with Crippen LogP contribution in [-0.2, 0) is 0 Å². The van der Waals surface area contributed by atoms with Crippen LogP contribution in [0.15, 0.2) is 25.7 Å². The maximum Gasteiger partial charge on any atom is 0.116 e. The van der Waals surface area contributed by atoms with Gasteiger partial charge in [-0.05, 0) is 6.08 Å². The van der Waals surface area contributed by atoms with E-state index in [1.165, 1.54) is 6.33 Å². The fourth-order valence-electron chi connectivity index (χ4n) is 0.678. The molecule has 0 fully saturated rings. The second-order valence-electron chi connectivity index (χ2n) is 1.77. The monoisotopic (exact) mass is 132 g/mol. The van der Waals surface area contributed by atoms with Gasteiger partial charge < -0.3 is 0 Å². The number of aromatic nitrogens is 2. The molecule has 2 nitrogen and oxygen atoms in total. The lowest BCUT2D eigenvalue weighted by atomic mass is 10.2. The van der Waals surface area contributed by atoms with Crippen LogP contribution in [0, 0.1) is 0 Å². The van der Waals surface area contributed by atoms with E-state index < -0.39 is 0 Å². The van der Waals surface area contributed by atoms with Crippen LogP contribution in [0.25, 0.3) is 12.2 Å². The number of rotatable bonds is 2. The van der Waals surface area contributed by atoms with Gasteiger partial charge in [0.2, 0.25) is 0 Å². The zero-order chi connectivity index (χ0) is 7.40. The summed E-state index contributed by atoms with van der Waals surface area (Å²) in [6, 6.07) is 0. The molecule has 0 aliphatic rings. The third kappa shape index (κ3) is 1.10. The molecular weight excluding hydrogens is 124 g/mol. The van der Waals surface area contributed by atoms with Gasteiger partial charge in [0.1, 0.15) is 6.33 Å². The molecule has 1 heterocycles. The lowest BCUT2D eigenvalue weighted by Gasteiger charge is -1.94. The number of nitrogens with zero attached hydrogens (tertiary/aromatic N) is 2. The minimum absolute atomic E-state index is 0.824. The maximum absolute atomic E-state index is 3.97. The first-order valence-electron chi connectivity index (χ1n) is 2.93. The van der Waals surface area contributed by atoms with Crippen molar-refractivity contribution in [2.24, 2.45) is 0 Å². The molecule has 1 aromatic rings. The van der Waals surface area contributed by atoms with Gasteiger partial charge in [0.15, 0.2) is 0 Å². The highest BCUT2D eigenvalue weighted by atomic mass is 14.8. The lowest BCUT2D eigenvalue weighted by molar-refractivity contribution is 1.14. The molecule has 0 bridgehead atoms. The number of hydrogen-bond donors (Lipinski definition) is 0. The minimum Gasteiger partial charge on any atom is -0.244 e. The molecule has 0 unspecified atom stereocenters. The molecule has 2 heteroatoms. The summed E-state index contributed by atoms with van der Waals surface area (Å²) in [5.74, 6) is 0. The summed E-state index contributed by atoms with van der Waals surface area (Å²) in [6.07, 6.45) is 6.58. The molecule has 0 aliphatic carbocycles. The predicted octanol–water partition coefficient (Wildman–Crippen LogP) is 1.76. The number of hydrogen-bond acceptors (Lipinski definition) is 2. The molecule has 0 N–H and O–H groups in total. The molecule has 0 saturated heterocycles. The van der Waals surface area contributed by atoms with Gasteiger partial charge in [0, 0.05) is 11.8 Å². The van der Waals surface area contributed by atoms with E-state index in [0.29, 0.717) is 0 Å². The third-order valence-corrected chi connectivity index (χ3v) is 1.19. The van der Waals surface area contributed by atoms with Gasteiger partial charge in [-0.3, -0.25) is 0 Å². The fourth-order valence-corrected chi connectivity index (χ4v) is 0.678. The second kappa shape index (κ2) is 2.92. The molecule has 10 heavy (non-hydrogen) atoms. The topological polar surface area (TPSA) is 25.8 Å². The minimum atomic E-state index is 0.824. The van der Waals surface area contributed by atoms with Crippen molar-refractivity contribution >= 4 is 12.2 Å². The van der Waals surface area contributed by atoms with E-state index in [9.17, 15) is 0 Å². The lowest BCUT2D eigenvalue weighted by Crippen LogP contribution is -1.86. The molecule has 0 atom stereocenters. The van der Waals surface area contributed by atoms with Gasteiger partial charge in [0.25, 0.3) is 0 Å². The summed E-state index contributed by atoms with van der Waals surface area (Å²) in [6.45, 7) is 7.21. The Morgan fingerprint density at radius 3 is 2.60 bits per heavy atom. The zero-order valence-corrected chi connectivity index (χ0v) is 5.62. The van der Waals surface area contributed by atoms with Crippen molar-refractivity contribution in [3.05, 3.63) is 36.9 Å². The van der Waals surface area contributed by atoms with Crippen molar-refractivity contribution in [1.82, 2.24) is 9.97 Å². The Kier molecular flexibility index (Phi) is 1.95. The van der Waals surface area contributed by atoms with Crippen LogP contribution in [0.4, 0.5) is 0 Å². The van der Waals surface area contributed by atoms with E-state index in [1.807, 2.05) is 0 Å². The normalized spacial score (nSPS) is 8.80. The first-order chi connectivity index (χ1) is 4.88. The molecule has 50 valence electrons. The molecule has 0 aliphatic heterocycles. The van der Waals surface area contributed by atoms with Crippen LogP contribution in [-0.4, -0.2) is 9.97 Å². The van der Waals surface area contributed by atoms with Crippen LogP contribution in [0.3, 0.4) is 0 Å². The molecule has 1 aromatic heterocycles. The average molecular weight is 132 g/mol. The van der Waals surface area contributed by atoms with Crippen molar-refractivity contribution < 1.29 is 0 Å². The molecule has 0 radical (unpaired) electrons. The first-order valence-corrected chi connectivity index (χ1v) is 2.93. The van der Waals surface area contributed by atoms with Crippen molar-refractivity contribution in [3.8, 4) is 0 Å². The predicted molar refractivity (Wildman–Crippen MR) is 42.2 cm³/mol. The largest absolute Gasteiger partial charge is 0.244 e.